The highest BCUT2D eigenvalue weighted by Crippen LogP contribution is 2.41. The Hall–Kier alpha value is -3.96. The van der Waals surface area contributed by atoms with E-state index in [9.17, 15) is 29.4 Å². The van der Waals surface area contributed by atoms with Crippen LogP contribution in [-0.2, 0) is 55.1 Å². The molecule has 0 bridgehead atoms. The first-order valence-electron chi connectivity index (χ1n) is 12.2. The summed E-state index contributed by atoms with van der Waals surface area (Å²) in [7, 11) is 0. The van der Waals surface area contributed by atoms with Crippen molar-refractivity contribution >= 4 is 23.9 Å². The molecule has 210 valence electrons. The third kappa shape index (κ3) is 7.33. The molecule has 39 heavy (non-hydrogen) atoms. The minimum absolute atomic E-state index is 0.121. The molecular formula is C28H32O11. The highest BCUT2D eigenvalue weighted by atomic mass is 16.7. The molecule has 11 heteroatoms. The van der Waals surface area contributed by atoms with Gasteiger partial charge in [0.2, 0.25) is 11.9 Å². The maximum Gasteiger partial charge on any atom is 0.303 e. The van der Waals surface area contributed by atoms with E-state index in [0.29, 0.717) is 6.42 Å². The summed E-state index contributed by atoms with van der Waals surface area (Å²) in [4.78, 5) is 47.8. The predicted molar refractivity (Wildman–Crippen MR) is 134 cm³/mol. The minimum atomic E-state index is -2.41. The second-order valence-electron chi connectivity index (χ2n) is 9.32. The summed E-state index contributed by atoms with van der Waals surface area (Å²) in [5.74, 6) is -5.35. The minimum Gasteiger partial charge on any atom is -0.508 e. The van der Waals surface area contributed by atoms with Gasteiger partial charge in [0.25, 0.3) is 0 Å². The Kier molecular flexibility index (Phi) is 9.31. The zero-order valence-electron chi connectivity index (χ0n) is 22.3. The van der Waals surface area contributed by atoms with Gasteiger partial charge >= 0.3 is 23.9 Å². The van der Waals surface area contributed by atoms with Gasteiger partial charge in [-0.1, -0.05) is 24.3 Å². The molecule has 5 atom stereocenters. The van der Waals surface area contributed by atoms with Crippen molar-refractivity contribution in [2.45, 2.75) is 71.2 Å². The fourth-order valence-corrected chi connectivity index (χ4v) is 4.43. The Morgan fingerprint density at radius 3 is 2.00 bits per heavy atom. The Labute approximate surface area is 225 Å². The van der Waals surface area contributed by atoms with Crippen molar-refractivity contribution in [1.29, 1.82) is 0 Å². The van der Waals surface area contributed by atoms with E-state index < -0.39 is 60.7 Å². The van der Waals surface area contributed by atoms with Crippen LogP contribution in [0.25, 0.3) is 0 Å². The summed E-state index contributed by atoms with van der Waals surface area (Å²) in [6.07, 6.45) is -5.45. The van der Waals surface area contributed by atoms with Crippen molar-refractivity contribution < 1.29 is 53.1 Å². The quantitative estimate of drug-likeness (QED) is 0.371. The number of phenols is 1. The number of hydrogen-bond acceptors (Lipinski definition) is 11. The highest BCUT2D eigenvalue weighted by Gasteiger charge is 2.60. The lowest BCUT2D eigenvalue weighted by molar-refractivity contribution is -0.360. The lowest BCUT2D eigenvalue weighted by atomic mass is 9.85. The SMILES string of the molecule is CC(=O)OC[C@H]1O[C@](O)(c2ccc(C)c(Cc3ccc(O)cc3)c2)[C@H](OC(C)=O)[C@@H](OC(C)=O)[C@@H]1OC(C)=O. The van der Waals surface area contributed by atoms with Crippen LogP contribution >= 0.6 is 0 Å². The average molecular weight is 545 g/mol. The molecule has 1 saturated heterocycles. The van der Waals surface area contributed by atoms with Gasteiger partial charge in [0.1, 0.15) is 18.5 Å². The molecule has 0 aliphatic carbocycles. The lowest BCUT2D eigenvalue weighted by Gasteiger charge is -2.48. The molecule has 0 spiro atoms. The van der Waals surface area contributed by atoms with Crippen molar-refractivity contribution in [1.82, 2.24) is 0 Å². The molecule has 1 fully saturated rings. The van der Waals surface area contributed by atoms with Crippen LogP contribution in [0.5, 0.6) is 5.75 Å². The first kappa shape index (κ1) is 29.6. The Balaban J connectivity index is 2.14. The monoisotopic (exact) mass is 544 g/mol. The predicted octanol–water partition coefficient (Wildman–Crippen LogP) is 2.19. The fraction of sp³-hybridized carbons (Fsp3) is 0.429. The number of benzene rings is 2. The van der Waals surface area contributed by atoms with E-state index in [4.69, 9.17) is 23.7 Å². The van der Waals surface area contributed by atoms with Gasteiger partial charge in [-0.05, 0) is 48.2 Å². The standard InChI is InChI=1S/C28H32O11/c1-15-6-9-22(13-21(15)12-20-7-10-23(33)11-8-20)28(34)27(38-19(5)32)26(37-18(4)31)25(36-17(3)30)24(39-28)14-35-16(2)29/h6-11,13,24-27,33-34H,12,14H2,1-5H3/t24-,25-,26+,27-,28-/m1/s1. The molecule has 2 aromatic rings. The van der Waals surface area contributed by atoms with E-state index >= 15 is 0 Å². The fourth-order valence-electron chi connectivity index (χ4n) is 4.43. The molecule has 1 aliphatic rings. The smallest absolute Gasteiger partial charge is 0.303 e. The third-order valence-electron chi connectivity index (χ3n) is 6.15. The van der Waals surface area contributed by atoms with Gasteiger partial charge in [0.15, 0.2) is 12.2 Å². The van der Waals surface area contributed by atoms with Crippen molar-refractivity contribution in [3.8, 4) is 5.75 Å². The largest absolute Gasteiger partial charge is 0.508 e. The summed E-state index contributed by atoms with van der Waals surface area (Å²) in [6, 6.07) is 11.6. The van der Waals surface area contributed by atoms with Crippen molar-refractivity contribution in [2.24, 2.45) is 0 Å². The van der Waals surface area contributed by atoms with Gasteiger partial charge in [0, 0.05) is 33.3 Å². The summed E-state index contributed by atoms with van der Waals surface area (Å²) in [5.41, 5.74) is 2.68. The molecule has 0 saturated carbocycles. The molecule has 3 rings (SSSR count). The summed E-state index contributed by atoms with van der Waals surface area (Å²) in [5, 5.41) is 21.6. The second-order valence-corrected chi connectivity index (χ2v) is 9.32. The van der Waals surface area contributed by atoms with Crippen LogP contribution in [0.15, 0.2) is 42.5 Å². The van der Waals surface area contributed by atoms with Crippen LogP contribution in [0.3, 0.4) is 0 Å². The third-order valence-corrected chi connectivity index (χ3v) is 6.15. The molecule has 1 heterocycles. The Bertz CT molecular complexity index is 1220. The van der Waals surface area contributed by atoms with Gasteiger partial charge in [-0.25, -0.2) is 0 Å². The number of aryl methyl sites for hydroxylation is 1. The number of rotatable bonds is 8. The molecule has 0 radical (unpaired) electrons. The maximum absolute atomic E-state index is 12.2. The summed E-state index contributed by atoms with van der Waals surface area (Å²) >= 11 is 0. The number of hydrogen-bond donors (Lipinski definition) is 2. The van der Waals surface area contributed by atoms with Crippen LogP contribution in [0.1, 0.15) is 49.9 Å². The molecule has 1 aliphatic heterocycles. The second kappa shape index (κ2) is 12.3. The number of carbonyl (C=O) groups is 4. The van der Waals surface area contributed by atoms with Crippen molar-refractivity contribution in [3.05, 3.63) is 64.7 Å². The summed E-state index contributed by atoms with van der Waals surface area (Å²) in [6.45, 7) is 5.89. The van der Waals surface area contributed by atoms with E-state index in [1.165, 1.54) is 0 Å². The lowest BCUT2D eigenvalue weighted by Crippen LogP contribution is -2.66. The molecular weight excluding hydrogens is 512 g/mol. The molecule has 2 aromatic carbocycles. The zero-order chi connectivity index (χ0) is 28.9. The van der Waals surface area contributed by atoms with Gasteiger partial charge in [-0.2, -0.15) is 0 Å². The van der Waals surface area contributed by atoms with Crippen LogP contribution in [0.4, 0.5) is 0 Å². The molecule has 0 unspecified atom stereocenters. The van der Waals surface area contributed by atoms with Gasteiger partial charge in [-0.15, -0.1) is 0 Å². The Morgan fingerprint density at radius 2 is 1.44 bits per heavy atom. The van der Waals surface area contributed by atoms with E-state index in [2.05, 4.69) is 0 Å². The maximum atomic E-state index is 12.2. The zero-order valence-corrected chi connectivity index (χ0v) is 22.3. The van der Waals surface area contributed by atoms with Crippen LogP contribution in [0.2, 0.25) is 0 Å². The number of esters is 4. The van der Waals surface area contributed by atoms with Crippen molar-refractivity contribution in [2.75, 3.05) is 6.61 Å². The molecule has 2 N–H and O–H groups in total. The van der Waals surface area contributed by atoms with Gasteiger partial charge < -0.3 is 33.9 Å². The van der Waals surface area contributed by atoms with Crippen LogP contribution in [-0.4, -0.2) is 65.1 Å². The number of carbonyl (C=O) groups excluding carboxylic acids is 4. The Morgan fingerprint density at radius 1 is 0.846 bits per heavy atom. The number of phenolic OH excluding ortho intramolecular Hbond substituents is 1. The van der Waals surface area contributed by atoms with Gasteiger partial charge in [0.05, 0.1) is 0 Å². The molecule has 11 nitrogen and oxygen atoms in total. The molecule has 0 aromatic heterocycles. The normalized spacial score (nSPS) is 24.4. The first-order valence-corrected chi connectivity index (χ1v) is 12.2. The van der Waals surface area contributed by atoms with Gasteiger partial charge in [-0.3, -0.25) is 19.2 Å². The van der Waals surface area contributed by atoms with E-state index in [1.807, 2.05) is 6.92 Å². The highest BCUT2D eigenvalue weighted by molar-refractivity contribution is 5.69. The summed E-state index contributed by atoms with van der Waals surface area (Å²) < 4.78 is 27.3. The van der Waals surface area contributed by atoms with Crippen LogP contribution < -0.4 is 0 Å². The number of ether oxygens (including phenoxy) is 5. The van der Waals surface area contributed by atoms with Crippen LogP contribution in [0, 0.1) is 6.92 Å². The topological polar surface area (TPSA) is 155 Å². The van der Waals surface area contributed by atoms with E-state index in [-0.39, 0.29) is 11.3 Å². The first-order chi connectivity index (χ1) is 18.3. The molecule has 0 amide bonds. The van der Waals surface area contributed by atoms with E-state index in [0.717, 1.165) is 44.4 Å². The average Bonchev–Trinajstić information content (AvgIpc) is 2.84. The number of aromatic hydroxyl groups is 1. The van der Waals surface area contributed by atoms with E-state index in [1.54, 1.807) is 42.5 Å². The van der Waals surface area contributed by atoms with Crippen molar-refractivity contribution in [3.63, 3.8) is 0 Å². The number of aliphatic hydroxyl groups is 1.